The number of nitrogens with two attached hydrogens (primary N) is 1. The van der Waals surface area contributed by atoms with Crippen LogP contribution in [0.1, 0.15) is 51.1 Å². The van der Waals surface area contributed by atoms with Crippen LogP contribution in [0.4, 0.5) is 0 Å². The maximum absolute atomic E-state index is 12.1. The lowest BCUT2D eigenvalue weighted by Crippen LogP contribution is -2.41. The minimum Gasteiger partial charge on any atom is -0.479 e. The monoisotopic (exact) mass is 310 g/mol. The number of hydrogen-bond acceptors (Lipinski definition) is 3. The maximum atomic E-state index is 12.1. The van der Waals surface area contributed by atoms with E-state index in [1.54, 1.807) is 19.1 Å². The molecule has 0 radical (unpaired) electrons. The minimum absolute atomic E-state index is 0.0837. The van der Waals surface area contributed by atoms with Crippen LogP contribution in [0.15, 0.2) is 18.2 Å². The fraction of sp³-hybridized carbons (Fsp3) is 0.562. The summed E-state index contributed by atoms with van der Waals surface area (Å²) in [4.78, 5) is 12.1. The zero-order chi connectivity index (χ0) is 15.4. The highest BCUT2D eigenvalue weighted by atomic mass is 35.5. The molecular formula is C16H23ClN2O2. The van der Waals surface area contributed by atoms with Crippen LogP contribution >= 0.6 is 11.6 Å². The third kappa shape index (κ3) is 4.35. The van der Waals surface area contributed by atoms with Gasteiger partial charge in [0.25, 0.3) is 5.91 Å². The van der Waals surface area contributed by atoms with Gasteiger partial charge in [0.15, 0.2) is 6.10 Å². The Hall–Kier alpha value is -1.26. The van der Waals surface area contributed by atoms with Crippen LogP contribution in [0.25, 0.3) is 0 Å². The van der Waals surface area contributed by atoms with E-state index in [1.165, 1.54) is 12.8 Å². The molecule has 1 aromatic carbocycles. The Kier molecular flexibility index (Phi) is 5.48. The standard InChI is InChI=1S/C16H23ClN2O2/c1-10(18)12-7-8-15(14(17)9-12)21-11(2)16(20)19-13-5-3-4-6-13/h7-11,13H,3-6,18H2,1-2H3,(H,19,20)/t10-,11?/m0/s1. The first-order valence-electron chi connectivity index (χ1n) is 7.49. The summed E-state index contributed by atoms with van der Waals surface area (Å²) in [6.45, 7) is 3.63. The second-order valence-electron chi connectivity index (χ2n) is 5.73. The lowest BCUT2D eigenvalue weighted by atomic mass is 10.1. The third-order valence-electron chi connectivity index (χ3n) is 3.86. The van der Waals surface area contributed by atoms with Crippen LogP contribution in [0.5, 0.6) is 5.75 Å². The molecular weight excluding hydrogens is 288 g/mol. The number of carbonyl (C=O) groups excluding carboxylic acids is 1. The molecule has 3 N–H and O–H groups in total. The van der Waals surface area contributed by atoms with Gasteiger partial charge < -0.3 is 15.8 Å². The predicted molar refractivity (Wildman–Crippen MR) is 84.5 cm³/mol. The van der Waals surface area contributed by atoms with Crippen molar-refractivity contribution in [3.8, 4) is 5.75 Å². The number of rotatable bonds is 5. The highest BCUT2D eigenvalue weighted by Crippen LogP contribution is 2.28. The van der Waals surface area contributed by atoms with Gasteiger partial charge in [0.2, 0.25) is 0 Å². The van der Waals surface area contributed by atoms with Crippen LogP contribution in [-0.2, 0) is 4.79 Å². The molecule has 4 nitrogen and oxygen atoms in total. The van der Waals surface area contributed by atoms with Crippen molar-refractivity contribution in [1.29, 1.82) is 0 Å². The van der Waals surface area contributed by atoms with Gasteiger partial charge in [-0.05, 0) is 44.4 Å². The van der Waals surface area contributed by atoms with Gasteiger partial charge in [-0.15, -0.1) is 0 Å². The van der Waals surface area contributed by atoms with Crippen LogP contribution < -0.4 is 15.8 Å². The molecule has 0 heterocycles. The summed E-state index contributed by atoms with van der Waals surface area (Å²) >= 11 is 6.18. The van der Waals surface area contributed by atoms with Crippen molar-refractivity contribution in [2.24, 2.45) is 5.73 Å². The van der Waals surface area contributed by atoms with Crippen LogP contribution in [0.2, 0.25) is 5.02 Å². The largest absolute Gasteiger partial charge is 0.479 e. The molecule has 1 amide bonds. The van der Waals surface area contributed by atoms with Gasteiger partial charge >= 0.3 is 0 Å². The predicted octanol–water partition coefficient (Wildman–Crippen LogP) is 3.19. The number of benzene rings is 1. The zero-order valence-corrected chi connectivity index (χ0v) is 13.3. The molecule has 0 spiro atoms. The maximum Gasteiger partial charge on any atom is 0.260 e. The topological polar surface area (TPSA) is 64.3 Å². The van der Waals surface area contributed by atoms with Gasteiger partial charge in [-0.1, -0.05) is 30.5 Å². The second-order valence-corrected chi connectivity index (χ2v) is 6.14. The second kappa shape index (κ2) is 7.14. The Morgan fingerprint density at radius 1 is 1.38 bits per heavy atom. The minimum atomic E-state index is -0.566. The molecule has 1 aromatic rings. The van der Waals surface area contributed by atoms with Crippen LogP contribution in [0, 0.1) is 0 Å². The van der Waals surface area contributed by atoms with Crippen molar-refractivity contribution < 1.29 is 9.53 Å². The molecule has 1 aliphatic carbocycles. The molecule has 2 atom stereocenters. The third-order valence-corrected chi connectivity index (χ3v) is 4.15. The molecule has 116 valence electrons. The molecule has 1 saturated carbocycles. The summed E-state index contributed by atoms with van der Waals surface area (Å²) in [5.41, 5.74) is 6.75. The van der Waals surface area contributed by atoms with Crippen molar-refractivity contribution in [3.63, 3.8) is 0 Å². The Morgan fingerprint density at radius 2 is 2.05 bits per heavy atom. The SMILES string of the molecule is CC(Oc1ccc([C@H](C)N)cc1Cl)C(=O)NC1CCCC1. The summed E-state index contributed by atoms with van der Waals surface area (Å²) in [6, 6.07) is 5.62. The number of halogens is 1. The average molecular weight is 311 g/mol. The molecule has 5 heteroatoms. The Labute approximate surface area is 131 Å². The van der Waals surface area contributed by atoms with E-state index < -0.39 is 6.10 Å². The highest BCUT2D eigenvalue weighted by molar-refractivity contribution is 6.32. The highest BCUT2D eigenvalue weighted by Gasteiger charge is 2.22. The van der Waals surface area contributed by atoms with Crippen molar-refractivity contribution in [1.82, 2.24) is 5.32 Å². The number of ether oxygens (including phenoxy) is 1. The summed E-state index contributed by atoms with van der Waals surface area (Å²) in [5, 5.41) is 3.50. The van der Waals surface area contributed by atoms with Crippen molar-refractivity contribution in [2.75, 3.05) is 0 Å². The zero-order valence-electron chi connectivity index (χ0n) is 12.6. The molecule has 0 aliphatic heterocycles. The Morgan fingerprint density at radius 3 is 2.62 bits per heavy atom. The number of nitrogens with one attached hydrogen (secondary N) is 1. The first-order chi connectivity index (χ1) is 9.97. The number of carbonyl (C=O) groups is 1. The molecule has 1 aliphatic rings. The van der Waals surface area contributed by atoms with E-state index in [9.17, 15) is 4.79 Å². The summed E-state index contributed by atoms with van der Waals surface area (Å²) in [6.07, 6.45) is 3.92. The summed E-state index contributed by atoms with van der Waals surface area (Å²) in [7, 11) is 0. The van der Waals surface area contributed by atoms with Gasteiger partial charge in [0.1, 0.15) is 5.75 Å². The fourth-order valence-corrected chi connectivity index (χ4v) is 2.76. The molecule has 1 fully saturated rings. The van der Waals surface area contributed by atoms with Crippen molar-refractivity contribution in [2.45, 2.75) is 57.7 Å². The smallest absolute Gasteiger partial charge is 0.260 e. The summed E-state index contributed by atoms with van der Waals surface area (Å²) < 4.78 is 5.67. The van der Waals surface area contributed by atoms with Gasteiger partial charge in [0, 0.05) is 12.1 Å². The molecule has 0 aromatic heterocycles. The van der Waals surface area contributed by atoms with E-state index in [-0.39, 0.29) is 11.9 Å². The van der Waals surface area contributed by atoms with E-state index in [0.29, 0.717) is 16.8 Å². The molecule has 0 saturated heterocycles. The van der Waals surface area contributed by atoms with E-state index >= 15 is 0 Å². The van der Waals surface area contributed by atoms with E-state index in [1.807, 2.05) is 13.0 Å². The van der Waals surface area contributed by atoms with Gasteiger partial charge in [-0.25, -0.2) is 0 Å². The molecule has 0 bridgehead atoms. The molecule has 21 heavy (non-hydrogen) atoms. The number of hydrogen-bond donors (Lipinski definition) is 2. The van der Waals surface area contributed by atoms with Crippen molar-refractivity contribution >= 4 is 17.5 Å². The lowest BCUT2D eigenvalue weighted by molar-refractivity contribution is -0.127. The Bertz CT molecular complexity index is 499. The van der Waals surface area contributed by atoms with Crippen LogP contribution in [0.3, 0.4) is 0 Å². The normalized spacial score (nSPS) is 18.3. The summed E-state index contributed by atoms with van der Waals surface area (Å²) in [5.74, 6) is 0.421. The quantitative estimate of drug-likeness (QED) is 0.878. The van der Waals surface area contributed by atoms with E-state index in [2.05, 4.69) is 5.32 Å². The van der Waals surface area contributed by atoms with Gasteiger partial charge in [0.05, 0.1) is 5.02 Å². The first-order valence-corrected chi connectivity index (χ1v) is 7.87. The molecule has 2 rings (SSSR count). The number of amides is 1. The van der Waals surface area contributed by atoms with E-state index in [4.69, 9.17) is 22.1 Å². The first kappa shape index (κ1) is 16.1. The van der Waals surface area contributed by atoms with Gasteiger partial charge in [-0.2, -0.15) is 0 Å². The van der Waals surface area contributed by atoms with Crippen LogP contribution in [-0.4, -0.2) is 18.1 Å². The van der Waals surface area contributed by atoms with Gasteiger partial charge in [-0.3, -0.25) is 4.79 Å². The van der Waals surface area contributed by atoms with E-state index in [0.717, 1.165) is 18.4 Å². The lowest BCUT2D eigenvalue weighted by Gasteiger charge is -2.19. The molecule has 1 unspecified atom stereocenters. The fourth-order valence-electron chi connectivity index (χ4n) is 2.53. The Balaban J connectivity index is 1.95. The average Bonchev–Trinajstić information content (AvgIpc) is 2.93. The van der Waals surface area contributed by atoms with Crippen molar-refractivity contribution in [3.05, 3.63) is 28.8 Å².